The molecule has 3 rings (SSSR count). The molecule has 0 amide bonds. The van der Waals surface area contributed by atoms with Crippen molar-refractivity contribution in [1.29, 1.82) is 0 Å². The molecule has 3 aliphatic rings. The number of hydrogen-bond donors (Lipinski definition) is 0. The summed E-state index contributed by atoms with van der Waals surface area (Å²) in [6.45, 7) is 11.6. The molecule has 2 saturated carbocycles. The molecule has 0 aromatic carbocycles. The second-order valence-corrected chi connectivity index (χ2v) is 6.43. The first kappa shape index (κ1) is 9.69. The molecule has 0 unspecified atom stereocenters. The van der Waals surface area contributed by atoms with E-state index in [1.165, 1.54) is 31.3 Å². The maximum atomic E-state index is 4.32. The van der Waals surface area contributed by atoms with Gasteiger partial charge in [0, 0.05) is 5.92 Å². The minimum Gasteiger partial charge on any atom is -0.0992 e. The minimum atomic E-state index is 0.601. The quantitative estimate of drug-likeness (QED) is 0.513. The predicted molar refractivity (Wildman–Crippen MR) is 64.6 cm³/mol. The Balaban J connectivity index is 2.03. The van der Waals surface area contributed by atoms with E-state index in [0.29, 0.717) is 5.41 Å². The summed E-state index contributed by atoms with van der Waals surface area (Å²) in [7, 11) is 0. The Hall–Kier alpha value is -0.520. The van der Waals surface area contributed by atoms with Gasteiger partial charge in [-0.1, -0.05) is 37.1 Å². The molecule has 15 heavy (non-hydrogen) atoms. The summed E-state index contributed by atoms with van der Waals surface area (Å²) in [5.74, 6) is 2.68. The molecule has 0 aromatic rings. The number of rotatable bonds is 0. The van der Waals surface area contributed by atoms with Crippen LogP contribution in [0.5, 0.6) is 0 Å². The summed E-state index contributed by atoms with van der Waals surface area (Å²) in [4.78, 5) is 0. The molecule has 3 atom stereocenters. The van der Waals surface area contributed by atoms with Gasteiger partial charge >= 0.3 is 0 Å². The van der Waals surface area contributed by atoms with E-state index in [9.17, 15) is 0 Å². The van der Waals surface area contributed by atoms with E-state index in [2.05, 4.69) is 27.4 Å². The molecule has 0 bridgehead atoms. The van der Waals surface area contributed by atoms with Gasteiger partial charge in [-0.15, -0.1) is 0 Å². The Morgan fingerprint density at radius 1 is 1.20 bits per heavy atom. The van der Waals surface area contributed by atoms with Crippen molar-refractivity contribution in [2.24, 2.45) is 23.2 Å². The molecule has 0 saturated heterocycles. The van der Waals surface area contributed by atoms with Crippen molar-refractivity contribution >= 4 is 0 Å². The summed E-state index contributed by atoms with van der Waals surface area (Å²) in [5.41, 5.74) is 5.61. The van der Waals surface area contributed by atoms with Crippen molar-refractivity contribution < 1.29 is 0 Å². The lowest BCUT2D eigenvalue weighted by Crippen LogP contribution is -2.07. The van der Waals surface area contributed by atoms with E-state index in [0.717, 1.165) is 17.8 Å². The summed E-state index contributed by atoms with van der Waals surface area (Å²) in [6, 6.07) is 0. The number of hydrogen-bond acceptors (Lipinski definition) is 0. The largest absolute Gasteiger partial charge is 0.0992 e. The fourth-order valence-electron chi connectivity index (χ4n) is 4.33. The third kappa shape index (κ3) is 1.14. The first-order chi connectivity index (χ1) is 7.03. The van der Waals surface area contributed by atoms with Crippen molar-refractivity contribution in [1.82, 2.24) is 0 Å². The lowest BCUT2D eigenvalue weighted by molar-refractivity contribution is 0.483. The van der Waals surface area contributed by atoms with Crippen LogP contribution in [0.15, 0.2) is 23.3 Å². The van der Waals surface area contributed by atoms with E-state index < -0.39 is 0 Å². The Kier molecular flexibility index (Phi) is 1.80. The third-order valence-corrected chi connectivity index (χ3v) is 5.41. The molecule has 82 valence electrons. The molecule has 0 aliphatic heterocycles. The van der Waals surface area contributed by atoms with Crippen molar-refractivity contribution in [2.45, 2.75) is 46.5 Å². The van der Waals surface area contributed by atoms with Crippen molar-refractivity contribution in [3.05, 3.63) is 23.3 Å². The van der Waals surface area contributed by atoms with Crippen LogP contribution >= 0.6 is 0 Å². The molecule has 0 spiro atoms. The van der Waals surface area contributed by atoms with Gasteiger partial charge in [-0.05, 0) is 49.9 Å². The van der Waals surface area contributed by atoms with Crippen LogP contribution in [0.2, 0.25) is 0 Å². The maximum absolute atomic E-state index is 4.32. The van der Waals surface area contributed by atoms with Crippen LogP contribution in [0.3, 0.4) is 0 Å². The minimum absolute atomic E-state index is 0.601. The lowest BCUT2D eigenvalue weighted by Gasteiger charge is -2.17. The van der Waals surface area contributed by atoms with Crippen LogP contribution in [-0.2, 0) is 0 Å². The molecule has 2 fully saturated rings. The molecule has 0 nitrogen and oxygen atoms in total. The molecule has 3 aliphatic carbocycles. The standard InChI is InChI=1S/C15H22/c1-9-6-8-12-14(15(12,3)4)13-10(2)5-7-11(9)13/h12-14H,2,5-8H2,1,3-4H3/t12-,13-,14-/m1/s1. The fourth-order valence-corrected chi connectivity index (χ4v) is 4.33. The van der Waals surface area contributed by atoms with Crippen molar-refractivity contribution in [3.63, 3.8) is 0 Å². The van der Waals surface area contributed by atoms with Gasteiger partial charge < -0.3 is 0 Å². The van der Waals surface area contributed by atoms with Crippen molar-refractivity contribution in [3.8, 4) is 0 Å². The molecular weight excluding hydrogens is 180 g/mol. The average molecular weight is 202 g/mol. The molecular formula is C15H22. The summed E-state index contributed by atoms with van der Waals surface area (Å²) >= 11 is 0. The monoisotopic (exact) mass is 202 g/mol. The molecule has 0 heteroatoms. The van der Waals surface area contributed by atoms with Gasteiger partial charge in [0.2, 0.25) is 0 Å². The Morgan fingerprint density at radius 2 is 1.93 bits per heavy atom. The highest BCUT2D eigenvalue weighted by Crippen LogP contribution is 2.69. The van der Waals surface area contributed by atoms with Gasteiger partial charge in [-0.3, -0.25) is 0 Å². The predicted octanol–water partition coefficient (Wildman–Crippen LogP) is 4.34. The maximum Gasteiger partial charge on any atom is 0.00434 e. The number of fused-ring (bicyclic) bond motifs is 3. The van der Waals surface area contributed by atoms with Crippen LogP contribution in [0.4, 0.5) is 0 Å². The zero-order valence-electron chi connectivity index (χ0n) is 10.3. The number of allylic oxidation sites excluding steroid dienone is 3. The summed E-state index contributed by atoms with van der Waals surface area (Å²) < 4.78 is 0. The second kappa shape index (κ2) is 2.78. The summed E-state index contributed by atoms with van der Waals surface area (Å²) in [5, 5.41) is 0. The Morgan fingerprint density at radius 3 is 2.67 bits per heavy atom. The van der Waals surface area contributed by atoms with Crippen LogP contribution in [0.25, 0.3) is 0 Å². The Labute approximate surface area is 93.5 Å². The molecule has 0 N–H and O–H groups in total. The van der Waals surface area contributed by atoms with E-state index in [-0.39, 0.29) is 0 Å². The van der Waals surface area contributed by atoms with Crippen LogP contribution < -0.4 is 0 Å². The van der Waals surface area contributed by atoms with Gasteiger partial charge in [0.15, 0.2) is 0 Å². The average Bonchev–Trinajstić information content (AvgIpc) is 2.55. The van der Waals surface area contributed by atoms with Gasteiger partial charge in [0.25, 0.3) is 0 Å². The van der Waals surface area contributed by atoms with E-state index in [1.54, 1.807) is 11.1 Å². The second-order valence-electron chi connectivity index (χ2n) is 6.43. The summed E-state index contributed by atoms with van der Waals surface area (Å²) in [6.07, 6.45) is 5.35. The van der Waals surface area contributed by atoms with Gasteiger partial charge in [-0.25, -0.2) is 0 Å². The zero-order valence-corrected chi connectivity index (χ0v) is 10.3. The third-order valence-electron chi connectivity index (χ3n) is 5.41. The first-order valence-corrected chi connectivity index (χ1v) is 6.39. The lowest BCUT2D eigenvalue weighted by atomic mass is 9.87. The smallest absolute Gasteiger partial charge is 0.00434 e. The van der Waals surface area contributed by atoms with Crippen LogP contribution in [0.1, 0.15) is 46.5 Å². The zero-order chi connectivity index (χ0) is 10.8. The fraction of sp³-hybridized carbons (Fsp3) is 0.733. The highest BCUT2D eigenvalue weighted by Gasteiger charge is 2.62. The SMILES string of the molecule is C=C1CCC2=C(C)CC[C@@H]3[C@H]([C@H]12)C3(C)C. The van der Waals surface area contributed by atoms with Gasteiger partial charge in [-0.2, -0.15) is 0 Å². The molecule has 0 radical (unpaired) electrons. The first-order valence-electron chi connectivity index (χ1n) is 6.39. The highest BCUT2D eigenvalue weighted by atomic mass is 14.7. The van der Waals surface area contributed by atoms with E-state index >= 15 is 0 Å². The normalized spacial score (nSPS) is 42.3. The van der Waals surface area contributed by atoms with Gasteiger partial charge in [0.1, 0.15) is 0 Å². The van der Waals surface area contributed by atoms with E-state index in [4.69, 9.17) is 0 Å². The van der Waals surface area contributed by atoms with Crippen molar-refractivity contribution in [2.75, 3.05) is 0 Å². The molecule has 0 heterocycles. The van der Waals surface area contributed by atoms with E-state index in [1.807, 2.05) is 0 Å². The van der Waals surface area contributed by atoms with Gasteiger partial charge in [0.05, 0.1) is 0 Å². The Bertz CT molecular complexity index is 356. The molecule has 0 aromatic heterocycles. The van der Waals surface area contributed by atoms with Crippen LogP contribution in [-0.4, -0.2) is 0 Å². The topological polar surface area (TPSA) is 0 Å². The van der Waals surface area contributed by atoms with Crippen LogP contribution in [0, 0.1) is 23.2 Å². The highest BCUT2D eigenvalue weighted by molar-refractivity contribution is 5.37.